The van der Waals surface area contributed by atoms with E-state index >= 15 is 0 Å². The topological polar surface area (TPSA) is 25.2 Å². The fraction of sp³-hybridized carbons (Fsp3) is 0.778. The van der Waals surface area contributed by atoms with Crippen LogP contribution in [-0.2, 0) is 6.42 Å². The van der Waals surface area contributed by atoms with Gasteiger partial charge in [-0.15, -0.1) is 0 Å². The normalized spacial score (nSPS) is 14.4. The molecule has 0 bridgehead atoms. The van der Waals surface area contributed by atoms with Crippen LogP contribution in [-0.4, -0.2) is 6.54 Å². The van der Waals surface area contributed by atoms with E-state index in [1.54, 1.807) is 0 Å². The van der Waals surface area contributed by atoms with Crippen LogP contribution in [0.4, 0.5) is 0 Å². The van der Waals surface area contributed by atoms with Gasteiger partial charge in [-0.2, -0.15) is 0 Å². The third kappa shape index (κ3) is 5.70. The zero-order valence-electron chi connectivity index (χ0n) is 13.9. The molecule has 2 atom stereocenters. The van der Waals surface area contributed by atoms with Crippen LogP contribution in [0.25, 0.3) is 0 Å². The fourth-order valence-electron chi connectivity index (χ4n) is 2.71. The van der Waals surface area contributed by atoms with E-state index in [2.05, 4.69) is 45.1 Å². The maximum Gasteiger partial charge on any atom is 0.121 e. The van der Waals surface area contributed by atoms with Gasteiger partial charge in [0.15, 0.2) is 0 Å². The Morgan fingerprint density at radius 1 is 1.10 bits per heavy atom. The molecule has 1 N–H and O–H groups in total. The van der Waals surface area contributed by atoms with E-state index in [0.29, 0.717) is 6.04 Å². The van der Waals surface area contributed by atoms with E-state index in [1.165, 1.54) is 38.5 Å². The highest BCUT2D eigenvalue weighted by Crippen LogP contribution is 2.28. The molecular weight excluding hydrogens is 246 g/mol. The van der Waals surface area contributed by atoms with Gasteiger partial charge in [-0.25, -0.2) is 0 Å². The van der Waals surface area contributed by atoms with Crippen LogP contribution < -0.4 is 5.32 Å². The standard InChI is InChI=1S/C18H33NO/c1-5-9-10-15(7-3)14-17(19-13-6-2)18-12-11-16(8-4)20-18/h11-12,15,17,19H,5-10,13-14H2,1-4H3. The van der Waals surface area contributed by atoms with E-state index in [4.69, 9.17) is 4.42 Å². The second-order valence-corrected chi connectivity index (χ2v) is 5.82. The third-order valence-corrected chi connectivity index (χ3v) is 4.13. The second-order valence-electron chi connectivity index (χ2n) is 5.82. The molecular formula is C18H33NO. The van der Waals surface area contributed by atoms with E-state index in [9.17, 15) is 0 Å². The molecule has 1 rings (SSSR count). The molecule has 116 valence electrons. The van der Waals surface area contributed by atoms with Gasteiger partial charge < -0.3 is 9.73 Å². The number of unbranched alkanes of at least 4 members (excludes halogenated alkanes) is 1. The van der Waals surface area contributed by atoms with Crippen LogP contribution in [0.1, 0.15) is 83.8 Å². The first-order chi connectivity index (χ1) is 9.74. The molecule has 0 amide bonds. The summed E-state index contributed by atoms with van der Waals surface area (Å²) in [4.78, 5) is 0. The number of aryl methyl sites for hydroxylation is 1. The smallest absolute Gasteiger partial charge is 0.121 e. The number of nitrogens with one attached hydrogen (secondary N) is 1. The number of furan rings is 1. The Morgan fingerprint density at radius 3 is 2.45 bits per heavy atom. The number of hydrogen-bond acceptors (Lipinski definition) is 2. The van der Waals surface area contributed by atoms with Crippen LogP contribution in [0.3, 0.4) is 0 Å². The molecule has 0 radical (unpaired) electrons. The number of rotatable bonds is 11. The Morgan fingerprint density at radius 2 is 1.90 bits per heavy atom. The maximum atomic E-state index is 5.98. The summed E-state index contributed by atoms with van der Waals surface area (Å²) in [6.07, 6.45) is 8.61. The molecule has 2 heteroatoms. The molecule has 1 aromatic rings. The first-order valence-corrected chi connectivity index (χ1v) is 8.56. The maximum absolute atomic E-state index is 5.98. The van der Waals surface area contributed by atoms with Gasteiger partial charge in [-0.1, -0.05) is 53.4 Å². The highest BCUT2D eigenvalue weighted by molar-refractivity contribution is 5.11. The first kappa shape index (κ1) is 17.3. The van der Waals surface area contributed by atoms with E-state index in [0.717, 1.165) is 30.4 Å². The molecule has 0 aromatic carbocycles. The molecule has 1 heterocycles. The summed E-state index contributed by atoms with van der Waals surface area (Å²) >= 11 is 0. The second kappa shape index (κ2) is 10.0. The molecule has 0 aliphatic heterocycles. The van der Waals surface area contributed by atoms with Crippen molar-refractivity contribution < 1.29 is 4.42 Å². The molecule has 0 saturated carbocycles. The molecule has 0 saturated heterocycles. The Balaban J connectivity index is 2.66. The molecule has 2 unspecified atom stereocenters. The summed E-state index contributed by atoms with van der Waals surface area (Å²) in [5.41, 5.74) is 0. The Bertz CT molecular complexity index is 345. The predicted octanol–water partition coefficient (Wildman–Crippen LogP) is 5.49. The van der Waals surface area contributed by atoms with Crippen LogP contribution in [0.5, 0.6) is 0 Å². The molecule has 0 aliphatic rings. The highest BCUT2D eigenvalue weighted by Gasteiger charge is 2.19. The van der Waals surface area contributed by atoms with Crippen molar-refractivity contribution in [2.75, 3.05) is 6.54 Å². The Labute approximate surface area is 125 Å². The fourth-order valence-corrected chi connectivity index (χ4v) is 2.71. The molecule has 0 spiro atoms. The van der Waals surface area contributed by atoms with Crippen molar-refractivity contribution in [2.45, 2.75) is 78.7 Å². The van der Waals surface area contributed by atoms with Crippen LogP contribution in [0.15, 0.2) is 16.5 Å². The van der Waals surface area contributed by atoms with Gasteiger partial charge >= 0.3 is 0 Å². The predicted molar refractivity (Wildman–Crippen MR) is 87.0 cm³/mol. The summed E-state index contributed by atoms with van der Waals surface area (Å²) in [5, 5.41) is 3.67. The summed E-state index contributed by atoms with van der Waals surface area (Å²) in [6, 6.07) is 4.68. The van der Waals surface area contributed by atoms with Crippen molar-refractivity contribution in [1.29, 1.82) is 0 Å². The van der Waals surface area contributed by atoms with Gasteiger partial charge in [0.2, 0.25) is 0 Å². The highest BCUT2D eigenvalue weighted by atomic mass is 16.3. The third-order valence-electron chi connectivity index (χ3n) is 4.13. The summed E-state index contributed by atoms with van der Waals surface area (Å²) in [7, 11) is 0. The lowest BCUT2D eigenvalue weighted by Gasteiger charge is -2.22. The average Bonchev–Trinajstić information content (AvgIpc) is 2.95. The summed E-state index contributed by atoms with van der Waals surface area (Å²) in [6.45, 7) is 10.0. The van der Waals surface area contributed by atoms with Crippen molar-refractivity contribution in [2.24, 2.45) is 5.92 Å². The number of hydrogen-bond donors (Lipinski definition) is 1. The Hall–Kier alpha value is -0.760. The average molecular weight is 279 g/mol. The minimum atomic E-state index is 0.386. The zero-order valence-corrected chi connectivity index (χ0v) is 13.9. The molecule has 1 aromatic heterocycles. The molecule has 0 aliphatic carbocycles. The molecule has 2 nitrogen and oxygen atoms in total. The molecule has 20 heavy (non-hydrogen) atoms. The Kier molecular flexibility index (Phi) is 8.68. The van der Waals surface area contributed by atoms with Crippen molar-refractivity contribution >= 4 is 0 Å². The lowest BCUT2D eigenvalue weighted by atomic mass is 9.91. The van der Waals surface area contributed by atoms with Gasteiger partial charge in [0.1, 0.15) is 11.5 Å². The van der Waals surface area contributed by atoms with E-state index < -0.39 is 0 Å². The summed E-state index contributed by atoms with van der Waals surface area (Å²) < 4.78 is 5.98. The lowest BCUT2D eigenvalue weighted by molar-refractivity contribution is 0.313. The SMILES string of the molecule is CCCCC(CC)CC(NCCC)c1ccc(CC)o1. The van der Waals surface area contributed by atoms with E-state index in [1.807, 2.05) is 0 Å². The monoisotopic (exact) mass is 279 g/mol. The van der Waals surface area contributed by atoms with Crippen molar-refractivity contribution in [3.05, 3.63) is 23.7 Å². The van der Waals surface area contributed by atoms with Crippen molar-refractivity contribution in [3.8, 4) is 0 Å². The van der Waals surface area contributed by atoms with Gasteiger partial charge in [-0.05, 0) is 37.4 Å². The van der Waals surface area contributed by atoms with Gasteiger partial charge in [0.25, 0.3) is 0 Å². The minimum absolute atomic E-state index is 0.386. The zero-order chi connectivity index (χ0) is 14.8. The van der Waals surface area contributed by atoms with Gasteiger partial charge in [-0.3, -0.25) is 0 Å². The minimum Gasteiger partial charge on any atom is -0.464 e. The summed E-state index contributed by atoms with van der Waals surface area (Å²) in [5.74, 6) is 3.04. The largest absolute Gasteiger partial charge is 0.464 e. The quantitative estimate of drug-likeness (QED) is 0.579. The molecule has 0 fully saturated rings. The first-order valence-electron chi connectivity index (χ1n) is 8.56. The lowest BCUT2D eigenvalue weighted by Crippen LogP contribution is -2.24. The van der Waals surface area contributed by atoms with Gasteiger partial charge in [0, 0.05) is 6.42 Å². The van der Waals surface area contributed by atoms with Crippen molar-refractivity contribution in [1.82, 2.24) is 5.32 Å². The van der Waals surface area contributed by atoms with Crippen LogP contribution in [0.2, 0.25) is 0 Å². The van der Waals surface area contributed by atoms with Crippen LogP contribution >= 0.6 is 0 Å². The van der Waals surface area contributed by atoms with Crippen LogP contribution in [0, 0.1) is 5.92 Å². The van der Waals surface area contributed by atoms with Gasteiger partial charge in [0.05, 0.1) is 6.04 Å². The van der Waals surface area contributed by atoms with E-state index in [-0.39, 0.29) is 0 Å². The van der Waals surface area contributed by atoms with Crippen molar-refractivity contribution in [3.63, 3.8) is 0 Å².